The first kappa shape index (κ1) is 12.2. The molecule has 0 aliphatic carbocycles. The first-order valence-corrected chi connectivity index (χ1v) is 5.71. The summed E-state index contributed by atoms with van der Waals surface area (Å²) in [7, 11) is -1.35. The van der Waals surface area contributed by atoms with Crippen molar-refractivity contribution in [3.63, 3.8) is 0 Å². The van der Waals surface area contributed by atoms with E-state index in [4.69, 9.17) is 0 Å². The number of halogens is 4. The Morgan fingerprint density at radius 3 is 2.33 bits per heavy atom. The third-order valence-corrected chi connectivity index (χ3v) is 2.50. The van der Waals surface area contributed by atoms with Gasteiger partial charge in [-0.2, -0.15) is 0 Å². The van der Waals surface area contributed by atoms with Crippen LogP contribution in [0.4, 0.5) is 17.6 Å². The lowest BCUT2D eigenvalue weighted by Gasteiger charge is -2.06. The van der Waals surface area contributed by atoms with Crippen LogP contribution in [0, 0.1) is 11.6 Å². The van der Waals surface area contributed by atoms with Gasteiger partial charge in [0.25, 0.3) is 6.43 Å². The van der Waals surface area contributed by atoms with Gasteiger partial charge in [0.2, 0.25) is 0 Å². The number of benzene rings is 1. The van der Waals surface area contributed by atoms with E-state index < -0.39 is 34.4 Å². The average Bonchev–Trinajstić information content (AvgIpc) is 2.12. The fourth-order valence-corrected chi connectivity index (χ4v) is 1.76. The van der Waals surface area contributed by atoms with Crippen LogP contribution in [-0.2, 0) is 16.6 Å². The van der Waals surface area contributed by atoms with E-state index >= 15 is 0 Å². The maximum Gasteiger partial charge on any atom is 0.266 e. The van der Waals surface area contributed by atoms with Gasteiger partial charge in [0.1, 0.15) is 0 Å². The largest absolute Gasteiger partial charge is 0.266 e. The molecule has 1 aromatic carbocycles. The van der Waals surface area contributed by atoms with Crippen LogP contribution in [-0.4, -0.2) is 10.5 Å². The van der Waals surface area contributed by atoms with Gasteiger partial charge in [-0.05, 0) is 6.07 Å². The van der Waals surface area contributed by atoms with Gasteiger partial charge in [-0.25, -0.2) is 17.6 Å². The van der Waals surface area contributed by atoms with Crippen molar-refractivity contribution in [2.24, 2.45) is 0 Å². The van der Waals surface area contributed by atoms with Gasteiger partial charge in [0, 0.05) is 22.6 Å². The SMILES string of the molecule is CS(=O)Cc1ccc(C(F)F)c(F)c1F. The van der Waals surface area contributed by atoms with Crippen LogP contribution in [0.3, 0.4) is 0 Å². The van der Waals surface area contributed by atoms with E-state index in [0.717, 1.165) is 12.1 Å². The Kier molecular flexibility index (Phi) is 3.84. The molecule has 0 radical (unpaired) electrons. The molecule has 1 nitrogen and oxygen atoms in total. The van der Waals surface area contributed by atoms with Crippen LogP contribution in [0.2, 0.25) is 0 Å². The van der Waals surface area contributed by atoms with Crippen LogP contribution < -0.4 is 0 Å². The van der Waals surface area contributed by atoms with Crippen LogP contribution in [0.15, 0.2) is 12.1 Å². The van der Waals surface area contributed by atoms with Crippen LogP contribution in [0.1, 0.15) is 17.6 Å². The molecule has 0 N–H and O–H groups in total. The van der Waals surface area contributed by atoms with Crippen molar-refractivity contribution in [1.29, 1.82) is 0 Å². The summed E-state index contributed by atoms with van der Waals surface area (Å²) in [6, 6.07) is 1.84. The zero-order valence-electron chi connectivity index (χ0n) is 7.77. The fourth-order valence-electron chi connectivity index (χ4n) is 1.10. The first-order chi connectivity index (χ1) is 6.93. The van der Waals surface area contributed by atoms with Gasteiger partial charge in [-0.15, -0.1) is 0 Å². The summed E-state index contributed by atoms with van der Waals surface area (Å²) < 4.78 is 61.2. The summed E-state index contributed by atoms with van der Waals surface area (Å²) in [6.07, 6.45) is -1.74. The molecule has 1 rings (SSSR count). The predicted molar refractivity (Wildman–Crippen MR) is 49.1 cm³/mol. The number of rotatable bonds is 3. The van der Waals surface area contributed by atoms with Crippen LogP contribution in [0.25, 0.3) is 0 Å². The van der Waals surface area contributed by atoms with Gasteiger partial charge in [-0.3, -0.25) is 4.21 Å². The topological polar surface area (TPSA) is 17.1 Å². The summed E-state index contributed by atoms with van der Waals surface area (Å²) in [5.74, 6) is -3.09. The van der Waals surface area contributed by atoms with Crippen LogP contribution in [0.5, 0.6) is 0 Å². The monoisotopic (exact) mass is 240 g/mol. The molecule has 0 heterocycles. The van der Waals surface area contributed by atoms with Gasteiger partial charge >= 0.3 is 0 Å². The van der Waals surface area contributed by atoms with Gasteiger partial charge in [0.05, 0.1) is 11.3 Å². The highest BCUT2D eigenvalue weighted by atomic mass is 32.2. The highest BCUT2D eigenvalue weighted by molar-refractivity contribution is 7.83. The maximum atomic E-state index is 13.1. The zero-order valence-corrected chi connectivity index (χ0v) is 8.58. The van der Waals surface area contributed by atoms with Crippen molar-refractivity contribution in [2.75, 3.05) is 6.26 Å². The molecule has 1 aromatic rings. The zero-order chi connectivity index (χ0) is 11.6. The summed E-state index contributed by atoms with van der Waals surface area (Å²) in [5, 5.41) is 0. The predicted octanol–water partition coefficient (Wildman–Crippen LogP) is 2.78. The Hall–Kier alpha value is -0.910. The highest BCUT2D eigenvalue weighted by Crippen LogP contribution is 2.25. The lowest BCUT2D eigenvalue weighted by molar-refractivity contribution is 0.145. The second-order valence-corrected chi connectivity index (χ2v) is 4.40. The van der Waals surface area contributed by atoms with Crippen molar-refractivity contribution in [3.05, 3.63) is 34.9 Å². The molecule has 15 heavy (non-hydrogen) atoms. The molecule has 0 aromatic heterocycles. The van der Waals surface area contributed by atoms with E-state index in [1.165, 1.54) is 6.26 Å². The molecule has 1 unspecified atom stereocenters. The molecule has 0 bridgehead atoms. The third kappa shape index (κ3) is 2.77. The fraction of sp³-hybridized carbons (Fsp3) is 0.333. The minimum Gasteiger partial charge on any atom is -0.260 e. The normalized spacial score (nSPS) is 13.2. The molecular weight excluding hydrogens is 232 g/mol. The number of hydrogen-bond acceptors (Lipinski definition) is 1. The quantitative estimate of drug-likeness (QED) is 0.742. The molecule has 6 heteroatoms. The average molecular weight is 240 g/mol. The summed E-state index contributed by atoms with van der Waals surface area (Å²) >= 11 is 0. The second-order valence-electron chi connectivity index (χ2n) is 2.96. The van der Waals surface area contributed by atoms with Gasteiger partial charge < -0.3 is 0 Å². The lowest BCUT2D eigenvalue weighted by Crippen LogP contribution is -2.02. The second kappa shape index (κ2) is 4.74. The molecule has 0 fully saturated rings. The van der Waals surface area contributed by atoms with E-state index in [-0.39, 0.29) is 11.3 Å². The Balaban J connectivity index is 3.15. The van der Waals surface area contributed by atoms with Gasteiger partial charge in [0.15, 0.2) is 11.6 Å². The van der Waals surface area contributed by atoms with E-state index in [0.29, 0.717) is 0 Å². The summed E-state index contributed by atoms with van der Waals surface area (Å²) in [4.78, 5) is 0. The van der Waals surface area contributed by atoms with Crippen LogP contribution >= 0.6 is 0 Å². The third-order valence-electron chi connectivity index (χ3n) is 1.79. The molecule has 0 amide bonds. The van der Waals surface area contributed by atoms with Crippen molar-refractivity contribution < 1.29 is 21.8 Å². The molecule has 1 atom stereocenters. The minimum absolute atomic E-state index is 0.155. The molecule has 0 aliphatic rings. The molecule has 84 valence electrons. The Morgan fingerprint density at radius 1 is 1.27 bits per heavy atom. The van der Waals surface area contributed by atoms with Crippen molar-refractivity contribution in [3.8, 4) is 0 Å². The Bertz CT molecular complexity index is 392. The number of alkyl halides is 2. The highest BCUT2D eigenvalue weighted by Gasteiger charge is 2.19. The maximum absolute atomic E-state index is 13.1. The molecule has 0 spiro atoms. The summed E-state index contributed by atoms with van der Waals surface area (Å²) in [6.45, 7) is 0. The Labute approximate surface area is 86.6 Å². The minimum atomic E-state index is -3.05. The van der Waals surface area contributed by atoms with Crippen molar-refractivity contribution >= 4 is 10.8 Å². The summed E-state index contributed by atoms with van der Waals surface area (Å²) in [5.41, 5.74) is -1.13. The van der Waals surface area contributed by atoms with Crippen molar-refractivity contribution in [1.82, 2.24) is 0 Å². The molecular formula is C9H8F4OS. The molecule has 0 aliphatic heterocycles. The Morgan fingerprint density at radius 2 is 1.87 bits per heavy atom. The standard InChI is InChI=1S/C9H8F4OS/c1-15(14)4-5-2-3-6(9(12)13)8(11)7(5)10/h2-3,9H,4H2,1H3. The van der Waals surface area contributed by atoms with E-state index in [2.05, 4.69) is 0 Å². The lowest BCUT2D eigenvalue weighted by atomic mass is 10.1. The molecule has 0 saturated heterocycles. The molecule has 0 saturated carbocycles. The first-order valence-electron chi connectivity index (χ1n) is 3.98. The van der Waals surface area contributed by atoms with E-state index in [1.807, 2.05) is 0 Å². The van der Waals surface area contributed by atoms with Gasteiger partial charge in [-0.1, -0.05) is 6.07 Å². The number of hydrogen-bond donors (Lipinski definition) is 0. The van der Waals surface area contributed by atoms with E-state index in [1.54, 1.807) is 0 Å². The van der Waals surface area contributed by atoms with E-state index in [9.17, 15) is 21.8 Å². The van der Waals surface area contributed by atoms with Crippen molar-refractivity contribution in [2.45, 2.75) is 12.2 Å². The smallest absolute Gasteiger partial charge is 0.260 e.